The molecular formula is C14H24N2O. The lowest BCUT2D eigenvalue weighted by atomic mass is 9.72. The number of rotatable bonds is 3. The molecule has 1 saturated carbocycles. The molecule has 1 aliphatic rings. The van der Waals surface area contributed by atoms with E-state index in [1.54, 1.807) is 6.20 Å². The van der Waals surface area contributed by atoms with Crippen LogP contribution in [0.2, 0.25) is 0 Å². The van der Waals surface area contributed by atoms with Gasteiger partial charge in [0, 0.05) is 12.7 Å². The molecule has 1 heterocycles. The SMILES string of the molecule is CCn1nccc1C1(O)CCCC(C(C)C)C1. The van der Waals surface area contributed by atoms with Crippen molar-refractivity contribution < 1.29 is 5.11 Å². The molecule has 17 heavy (non-hydrogen) atoms. The molecule has 2 unspecified atom stereocenters. The maximum absolute atomic E-state index is 10.9. The quantitative estimate of drug-likeness (QED) is 0.876. The van der Waals surface area contributed by atoms with Gasteiger partial charge in [-0.15, -0.1) is 0 Å². The number of aliphatic hydroxyl groups is 1. The lowest BCUT2D eigenvalue weighted by molar-refractivity contribution is -0.0364. The minimum atomic E-state index is -0.653. The highest BCUT2D eigenvalue weighted by Gasteiger charge is 2.38. The largest absolute Gasteiger partial charge is 0.384 e. The average molecular weight is 236 g/mol. The Morgan fingerprint density at radius 3 is 3.00 bits per heavy atom. The van der Waals surface area contributed by atoms with Gasteiger partial charge in [0.05, 0.1) is 5.69 Å². The normalized spacial score (nSPS) is 29.8. The van der Waals surface area contributed by atoms with E-state index in [1.807, 2.05) is 10.7 Å². The third-order valence-electron chi connectivity index (χ3n) is 4.20. The fraction of sp³-hybridized carbons (Fsp3) is 0.786. The van der Waals surface area contributed by atoms with Gasteiger partial charge in [-0.3, -0.25) is 4.68 Å². The second-order valence-electron chi connectivity index (χ2n) is 5.66. The summed E-state index contributed by atoms with van der Waals surface area (Å²) < 4.78 is 1.93. The van der Waals surface area contributed by atoms with E-state index in [0.29, 0.717) is 11.8 Å². The fourth-order valence-electron chi connectivity index (χ4n) is 3.08. The second kappa shape index (κ2) is 4.81. The standard InChI is InChI=1S/C14H24N2O/c1-4-16-13(7-9-15-16)14(17)8-5-6-12(10-14)11(2)3/h7,9,11-12,17H,4-6,8,10H2,1-3H3. The predicted molar refractivity (Wildman–Crippen MR) is 68.6 cm³/mol. The molecule has 1 fully saturated rings. The first kappa shape index (κ1) is 12.6. The van der Waals surface area contributed by atoms with Gasteiger partial charge < -0.3 is 5.11 Å². The van der Waals surface area contributed by atoms with Crippen molar-refractivity contribution in [2.75, 3.05) is 0 Å². The summed E-state index contributed by atoms with van der Waals surface area (Å²) in [6, 6.07) is 1.98. The van der Waals surface area contributed by atoms with Crippen LogP contribution < -0.4 is 0 Å². The number of aromatic nitrogens is 2. The zero-order valence-electron chi connectivity index (χ0n) is 11.2. The molecule has 0 saturated heterocycles. The molecule has 0 radical (unpaired) electrons. The van der Waals surface area contributed by atoms with Crippen molar-refractivity contribution in [1.82, 2.24) is 9.78 Å². The molecule has 0 spiro atoms. The maximum Gasteiger partial charge on any atom is 0.106 e. The Hall–Kier alpha value is -0.830. The molecule has 2 rings (SSSR count). The maximum atomic E-state index is 10.9. The summed E-state index contributed by atoms with van der Waals surface area (Å²) >= 11 is 0. The summed E-state index contributed by atoms with van der Waals surface area (Å²) in [5, 5.41) is 15.2. The van der Waals surface area contributed by atoms with Gasteiger partial charge in [0.15, 0.2) is 0 Å². The van der Waals surface area contributed by atoms with E-state index in [0.717, 1.165) is 31.5 Å². The lowest BCUT2D eigenvalue weighted by Gasteiger charge is -2.38. The Morgan fingerprint density at radius 2 is 2.35 bits per heavy atom. The number of hydrogen-bond acceptors (Lipinski definition) is 2. The van der Waals surface area contributed by atoms with Crippen molar-refractivity contribution in [2.24, 2.45) is 11.8 Å². The van der Waals surface area contributed by atoms with E-state index in [1.165, 1.54) is 6.42 Å². The first-order valence-corrected chi connectivity index (χ1v) is 6.81. The zero-order valence-corrected chi connectivity index (χ0v) is 11.2. The minimum Gasteiger partial charge on any atom is -0.384 e. The van der Waals surface area contributed by atoms with Gasteiger partial charge in [-0.05, 0) is 50.5 Å². The van der Waals surface area contributed by atoms with E-state index in [4.69, 9.17) is 0 Å². The fourth-order valence-corrected chi connectivity index (χ4v) is 3.08. The van der Waals surface area contributed by atoms with Crippen molar-refractivity contribution in [3.63, 3.8) is 0 Å². The molecule has 0 aromatic carbocycles. The monoisotopic (exact) mass is 236 g/mol. The van der Waals surface area contributed by atoms with E-state index in [2.05, 4.69) is 25.9 Å². The molecule has 1 aromatic rings. The Labute approximate surface area is 104 Å². The topological polar surface area (TPSA) is 38.0 Å². The molecule has 1 aliphatic carbocycles. The third kappa shape index (κ3) is 2.39. The molecule has 0 amide bonds. The van der Waals surface area contributed by atoms with Crippen LogP contribution in [0.4, 0.5) is 0 Å². The molecule has 1 aromatic heterocycles. The minimum absolute atomic E-state index is 0.633. The Balaban J connectivity index is 2.23. The van der Waals surface area contributed by atoms with Crippen LogP contribution in [0.5, 0.6) is 0 Å². The van der Waals surface area contributed by atoms with Gasteiger partial charge in [0.2, 0.25) is 0 Å². The van der Waals surface area contributed by atoms with E-state index >= 15 is 0 Å². The van der Waals surface area contributed by atoms with Crippen LogP contribution in [0, 0.1) is 11.8 Å². The molecule has 96 valence electrons. The Morgan fingerprint density at radius 1 is 1.59 bits per heavy atom. The third-order valence-corrected chi connectivity index (χ3v) is 4.20. The van der Waals surface area contributed by atoms with E-state index < -0.39 is 5.60 Å². The zero-order chi connectivity index (χ0) is 12.5. The molecular weight excluding hydrogens is 212 g/mol. The highest BCUT2D eigenvalue weighted by Crippen LogP contribution is 2.42. The first-order valence-electron chi connectivity index (χ1n) is 6.81. The average Bonchev–Trinajstić information content (AvgIpc) is 2.77. The highest BCUT2D eigenvalue weighted by atomic mass is 16.3. The summed E-state index contributed by atoms with van der Waals surface area (Å²) in [5.41, 5.74) is 0.352. The van der Waals surface area contributed by atoms with Crippen molar-refractivity contribution in [1.29, 1.82) is 0 Å². The van der Waals surface area contributed by atoms with Gasteiger partial charge in [-0.1, -0.05) is 13.8 Å². The van der Waals surface area contributed by atoms with Crippen molar-refractivity contribution >= 4 is 0 Å². The van der Waals surface area contributed by atoms with Gasteiger partial charge in [0.25, 0.3) is 0 Å². The van der Waals surface area contributed by atoms with Gasteiger partial charge in [-0.25, -0.2) is 0 Å². The Kier molecular flexibility index (Phi) is 3.57. The summed E-state index contributed by atoms with van der Waals surface area (Å²) in [5.74, 6) is 1.29. The van der Waals surface area contributed by atoms with E-state index in [9.17, 15) is 5.11 Å². The van der Waals surface area contributed by atoms with Crippen molar-refractivity contribution in [3.05, 3.63) is 18.0 Å². The van der Waals surface area contributed by atoms with Crippen LogP contribution in [0.1, 0.15) is 52.1 Å². The summed E-state index contributed by atoms with van der Waals surface area (Å²) in [6.45, 7) is 7.42. The molecule has 1 N–H and O–H groups in total. The van der Waals surface area contributed by atoms with Gasteiger partial charge in [0.1, 0.15) is 5.60 Å². The van der Waals surface area contributed by atoms with Crippen LogP contribution in [-0.4, -0.2) is 14.9 Å². The first-order chi connectivity index (χ1) is 8.07. The molecule has 2 atom stereocenters. The highest BCUT2D eigenvalue weighted by molar-refractivity contribution is 5.13. The number of nitrogens with zero attached hydrogens (tertiary/aromatic N) is 2. The molecule has 3 heteroatoms. The number of aryl methyl sites for hydroxylation is 1. The predicted octanol–water partition coefficient (Wildman–Crippen LogP) is 2.94. The van der Waals surface area contributed by atoms with Crippen molar-refractivity contribution in [3.8, 4) is 0 Å². The second-order valence-corrected chi connectivity index (χ2v) is 5.66. The lowest BCUT2D eigenvalue weighted by Crippen LogP contribution is -2.36. The summed E-state index contributed by atoms with van der Waals surface area (Å²) in [7, 11) is 0. The van der Waals surface area contributed by atoms with Crippen molar-refractivity contribution in [2.45, 2.75) is 58.6 Å². The molecule has 0 aliphatic heterocycles. The van der Waals surface area contributed by atoms with Gasteiger partial charge in [-0.2, -0.15) is 5.10 Å². The summed E-state index contributed by atoms with van der Waals surface area (Å²) in [6.07, 6.45) is 5.93. The number of hydrogen-bond donors (Lipinski definition) is 1. The van der Waals surface area contributed by atoms with Crippen LogP contribution in [-0.2, 0) is 12.1 Å². The molecule has 3 nitrogen and oxygen atoms in total. The molecule has 0 bridgehead atoms. The van der Waals surface area contributed by atoms with Crippen LogP contribution >= 0.6 is 0 Å². The van der Waals surface area contributed by atoms with Crippen LogP contribution in [0.15, 0.2) is 12.3 Å². The Bertz CT molecular complexity index is 372. The van der Waals surface area contributed by atoms with Gasteiger partial charge >= 0.3 is 0 Å². The van der Waals surface area contributed by atoms with Crippen LogP contribution in [0.25, 0.3) is 0 Å². The summed E-state index contributed by atoms with van der Waals surface area (Å²) in [4.78, 5) is 0. The van der Waals surface area contributed by atoms with E-state index in [-0.39, 0.29) is 0 Å². The smallest absolute Gasteiger partial charge is 0.106 e. The van der Waals surface area contributed by atoms with Crippen LogP contribution in [0.3, 0.4) is 0 Å².